The summed E-state index contributed by atoms with van der Waals surface area (Å²) >= 11 is 1.05. The molecule has 0 bridgehead atoms. The third kappa shape index (κ3) is 4.56. The number of carbonyl (C=O) groups is 2. The maximum absolute atomic E-state index is 12.1. The minimum absolute atomic E-state index is 0.0813. The number of carboxylic acid groups (broad SMARTS) is 1. The Morgan fingerprint density at radius 3 is 2.74 bits per heavy atom. The van der Waals surface area contributed by atoms with E-state index < -0.39 is 5.97 Å². The Bertz CT molecular complexity index is 775. The van der Waals surface area contributed by atoms with E-state index in [1.807, 2.05) is 6.92 Å². The summed E-state index contributed by atoms with van der Waals surface area (Å²) in [6.07, 6.45) is 0. The molecule has 0 radical (unpaired) electrons. The number of aromatic amines is 1. The minimum Gasteiger partial charge on any atom is -0.481 e. The van der Waals surface area contributed by atoms with Gasteiger partial charge in [-0.25, -0.2) is 4.98 Å². The summed E-state index contributed by atoms with van der Waals surface area (Å²) in [5.41, 5.74) is 0.337. The lowest BCUT2D eigenvalue weighted by Gasteiger charge is -2.20. The van der Waals surface area contributed by atoms with Crippen LogP contribution in [0.4, 0.5) is 0 Å². The number of para-hydroxylation sites is 1. The van der Waals surface area contributed by atoms with Gasteiger partial charge in [0.2, 0.25) is 5.91 Å². The van der Waals surface area contributed by atoms with Gasteiger partial charge in [-0.2, -0.15) is 0 Å². The number of rotatable bonds is 7. The van der Waals surface area contributed by atoms with Gasteiger partial charge < -0.3 is 15.0 Å². The van der Waals surface area contributed by atoms with Gasteiger partial charge in [-0.1, -0.05) is 12.1 Å². The average molecular weight is 335 g/mol. The van der Waals surface area contributed by atoms with Gasteiger partial charge in [0.05, 0.1) is 29.0 Å². The van der Waals surface area contributed by atoms with Gasteiger partial charge in [0.1, 0.15) is 5.82 Å². The number of aromatic nitrogens is 2. The van der Waals surface area contributed by atoms with Crippen molar-refractivity contribution < 1.29 is 14.7 Å². The van der Waals surface area contributed by atoms with Crippen molar-refractivity contribution in [2.45, 2.75) is 13.5 Å². The van der Waals surface area contributed by atoms with Gasteiger partial charge in [0.15, 0.2) is 0 Å². The summed E-state index contributed by atoms with van der Waals surface area (Å²) in [5.74, 6) is -0.764. The molecule has 8 heteroatoms. The van der Waals surface area contributed by atoms with Crippen molar-refractivity contribution in [1.82, 2.24) is 14.9 Å². The van der Waals surface area contributed by atoms with Crippen molar-refractivity contribution in [2.24, 2.45) is 0 Å². The molecule has 2 aromatic rings. The van der Waals surface area contributed by atoms with Gasteiger partial charge >= 0.3 is 5.97 Å². The molecule has 0 saturated carbocycles. The highest BCUT2D eigenvalue weighted by atomic mass is 32.2. The number of thioether (sulfide) groups is 1. The minimum atomic E-state index is -0.952. The third-order valence-corrected chi connectivity index (χ3v) is 4.09. The lowest BCUT2D eigenvalue weighted by Crippen LogP contribution is -2.33. The van der Waals surface area contributed by atoms with Crippen LogP contribution in [0.3, 0.4) is 0 Å². The van der Waals surface area contributed by atoms with Gasteiger partial charge in [0.25, 0.3) is 5.56 Å². The van der Waals surface area contributed by atoms with Gasteiger partial charge in [-0.05, 0) is 19.1 Å². The predicted octanol–water partition coefficient (Wildman–Crippen LogP) is 1.09. The van der Waals surface area contributed by atoms with Crippen LogP contribution in [0, 0.1) is 0 Å². The Hall–Kier alpha value is -2.35. The monoisotopic (exact) mass is 335 g/mol. The van der Waals surface area contributed by atoms with E-state index in [9.17, 15) is 14.4 Å². The van der Waals surface area contributed by atoms with Gasteiger partial charge in [-0.3, -0.25) is 14.4 Å². The van der Waals surface area contributed by atoms with Gasteiger partial charge in [-0.15, -0.1) is 11.8 Å². The smallest absolute Gasteiger partial charge is 0.313 e. The van der Waals surface area contributed by atoms with Crippen LogP contribution in [-0.4, -0.2) is 49.9 Å². The molecule has 0 atom stereocenters. The molecule has 1 amide bonds. The fraction of sp³-hybridized carbons (Fsp3) is 0.333. The van der Waals surface area contributed by atoms with Crippen molar-refractivity contribution in [3.8, 4) is 0 Å². The molecule has 1 aromatic heterocycles. The quantitative estimate of drug-likeness (QED) is 0.785. The van der Waals surface area contributed by atoms with Crippen molar-refractivity contribution in [3.05, 3.63) is 40.4 Å². The number of benzene rings is 1. The van der Waals surface area contributed by atoms with Crippen LogP contribution in [0.2, 0.25) is 0 Å². The lowest BCUT2D eigenvalue weighted by molar-refractivity contribution is -0.133. The molecule has 1 aromatic carbocycles. The maximum atomic E-state index is 12.1. The number of carboxylic acids is 1. The topological polar surface area (TPSA) is 103 Å². The Kier molecular flexibility index (Phi) is 5.75. The molecule has 0 aliphatic rings. The molecule has 0 fully saturated rings. The Balaban J connectivity index is 2.11. The fourth-order valence-corrected chi connectivity index (χ4v) is 2.72. The van der Waals surface area contributed by atoms with Crippen molar-refractivity contribution in [2.75, 3.05) is 18.1 Å². The largest absolute Gasteiger partial charge is 0.481 e. The summed E-state index contributed by atoms with van der Waals surface area (Å²) in [6.45, 7) is 2.45. The number of nitrogens with one attached hydrogen (secondary N) is 1. The van der Waals surface area contributed by atoms with Crippen LogP contribution in [0.25, 0.3) is 10.9 Å². The summed E-state index contributed by atoms with van der Waals surface area (Å²) in [6, 6.07) is 7.00. The number of nitrogens with zero attached hydrogens (tertiary/aromatic N) is 2. The second-order valence-electron chi connectivity index (χ2n) is 4.82. The molecule has 2 N–H and O–H groups in total. The molecule has 23 heavy (non-hydrogen) atoms. The first-order chi connectivity index (χ1) is 11.0. The lowest BCUT2D eigenvalue weighted by atomic mass is 10.2. The summed E-state index contributed by atoms with van der Waals surface area (Å²) < 4.78 is 0. The Morgan fingerprint density at radius 2 is 2.04 bits per heavy atom. The normalized spacial score (nSPS) is 10.7. The number of hydrogen-bond donors (Lipinski definition) is 2. The van der Waals surface area contributed by atoms with Crippen LogP contribution >= 0.6 is 11.8 Å². The standard InChI is InChI=1S/C15H17N3O4S/c1-2-18(13(19)8-23-9-14(20)21)7-12-16-11-6-4-3-5-10(11)15(22)17-12/h3-6H,2,7-9H2,1H3,(H,20,21)(H,16,17,22). The van der Waals surface area contributed by atoms with Gasteiger partial charge in [0, 0.05) is 6.54 Å². The van der Waals surface area contributed by atoms with Crippen LogP contribution in [-0.2, 0) is 16.1 Å². The Labute approximate surface area is 136 Å². The highest BCUT2D eigenvalue weighted by Crippen LogP contribution is 2.09. The molecule has 2 rings (SSSR count). The highest BCUT2D eigenvalue weighted by Gasteiger charge is 2.14. The number of amides is 1. The van der Waals surface area contributed by atoms with Crippen molar-refractivity contribution in [3.63, 3.8) is 0 Å². The highest BCUT2D eigenvalue weighted by molar-refractivity contribution is 8.00. The summed E-state index contributed by atoms with van der Waals surface area (Å²) in [5, 5.41) is 9.10. The van der Waals surface area contributed by atoms with E-state index in [-0.39, 0.29) is 29.5 Å². The van der Waals surface area contributed by atoms with Crippen LogP contribution in [0.5, 0.6) is 0 Å². The first-order valence-corrected chi connectivity index (χ1v) is 8.22. The van der Waals surface area contributed by atoms with E-state index in [2.05, 4.69) is 9.97 Å². The number of carbonyl (C=O) groups excluding carboxylic acids is 1. The molecule has 0 aliphatic carbocycles. The average Bonchev–Trinajstić information content (AvgIpc) is 2.52. The van der Waals surface area contributed by atoms with E-state index in [1.54, 1.807) is 24.3 Å². The second-order valence-corrected chi connectivity index (χ2v) is 5.81. The van der Waals surface area contributed by atoms with E-state index in [1.165, 1.54) is 4.90 Å². The predicted molar refractivity (Wildman–Crippen MR) is 88.4 cm³/mol. The SMILES string of the molecule is CCN(Cc1nc2ccccc2c(=O)[nH]1)C(=O)CSCC(=O)O. The summed E-state index contributed by atoms with van der Waals surface area (Å²) in [4.78, 5) is 43.2. The second kappa shape index (κ2) is 7.77. The van der Waals surface area contributed by atoms with E-state index >= 15 is 0 Å². The molecule has 0 spiro atoms. The molecule has 0 saturated heterocycles. The zero-order chi connectivity index (χ0) is 16.8. The Morgan fingerprint density at radius 1 is 1.30 bits per heavy atom. The third-order valence-electron chi connectivity index (χ3n) is 3.19. The number of H-pyrrole nitrogens is 1. The number of aliphatic carboxylic acids is 1. The van der Waals surface area contributed by atoms with E-state index in [0.717, 1.165) is 11.8 Å². The van der Waals surface area contributed by atoms with Crippen molar-refractivity contribution >= 4 is 34.5 Å². The first-order valence-electron chi connectivity index (χ1n) is 7.06. The van der Waals surface area contributed by atoms with Crippen LogP contribution in [0.1, 0.15) is 12.7 Å². The molecule has 1 heterocycles. The molecule has 7 nitrogen and oxygen atoms in total. The van der Waals surface area contributed by atoms with E-state index in [0.29, 0.717) is 23.3 Å². The first kappa shape index (κ1) is 17.0. The van der Waals surface area contributed by atoms with E-state index in [4.69, 9.17) is 5.11 Å². The fourth-order valence-electron chi connectivity index (χ4n) is 2.08. The summed E-state index contributed by atoms with van der Waals surface area (Å²) in [7, 11) is 0. The van der Waals surface area contributed by atoms with Crippen LogP contribution in [0.15, 0.2) is 29.1 Å². The molecule has 122 valence electrons. The number of fused-ring (bicyclic) bond motifs is 1. The zero-order valence-corrected chi connectivity index (χ0v) is 13.4. The molecule has 0 unspecified atom stereocenters. The molecular formula is C15H17N3O4S. The van der Waals surface area contributed by atoms with Crippen molar-refractivity contribution in [1.29, 1.82) is 0 Å². The molecular weight excluding hydrogens is 318 g/mol. The molecule has 0 aliphatic heterocycles. The van der Waals surface area contributed by atoms with Crippen LogP contribution < -0.4 is 5.56 Å². The number of hydrogen-bond acceptors (Lipinski definition) is 5. The maximum Gasteiger partial charge on any atom is 0.313 e. The zero-order valence-electron chi connectivity index (χ0n) is 12.6.